The van der Waals surface area contributed by atoms with Crippen molar-refractivity contribution >= 4 is 35.2 Å². The summed E-state index contributed by atoms with van der Waals surface area (Å²) >= 11 is 1.16. The van der Waals surface area contributed by atoms with Gasteiger partial charge in [-0.25, -0.2) is 9.18 Å². The minimum atomic E-state index is -0.658. The Bertz CT molecular complexity index is 1220. The monoisotopic (exact) mass is 494 g/mol. The zero-order chi connectivity index (χ0) is 24.6. The van der Waals surface area contributed by atoms with Crippen LogP contribution in [0.2, 0.25) is 0 Å². The first-order valence-corrected chi connectivity index (χ1v) is 11.9. The second-order valence-electron chi connectivity index (χ2n) is 7.71. The number of hydrogen-bond donors (Lipinski definition) is 2. The summed E-state index contributed by atoms with van der Waals surface area (Å²) in [6.45, 7) is 0.0590. The minimum Gasteiger partial charge on any atom is -0.493 e. The smallest absolute Gasteiger partial charge is 0.339 e. The van der Waals surface area contributed by atoms with E-state index >= 15 is 0 Å². The van der Waals surface area contributed by atoms with E-state index in [9.17, 15) is 18.8 Å². The zero-order valence-corrected chi connectivity index (χ0v) is 19.5. The van der Waals surface area contributed by atoms with Crippen LogP contribution in [0.25, 0.3) is 0 Å². The van der Waals surface area contributed by atoms with Gasteiger partial charge in [-0.3, -0.25) is 9.59 Å². The van der Waals surface area contributed by atoms with Gasteiger partial charge >= 0.3 is 5.97 Å². The summed E-state index contributed by atoms with van der Waals surface area (Å²) in [6, 6.07) is 19.4. The van der Waals surface area contributed by atoms with Crippen LogP contribution in [0.4, 0.5) is 10.1 Å². The first-order chi connectivity index (χ1) is 17.0. The van der Waals surface area contributed by atoms with Gasteiger partial charge in [0.15, 0.2) is 6.61 Å². The van der Waals surface area contributed by atoms with Crippen molar-refractivity contribution in [3.63, 3.8) is 0 Å². The Morgan fingerprint density at radius 3 is 2.54 bits per heavy atom. The number of hydrogen-bond acceptors (Lipinski definition) is 6. The van der Waals surface area contributed by atoms with Crippen molar-refractivity contribution in [2.75, 3.05) is 24.3 Å². The molecule has 0 aliphatic carbocycles. The molecular weight excluding hydrogens is 471 g/mol. The Morgan fingerprint density at radius 2 is 1.71 bits per heavy atom. The molecule has 1 unspecified atom stereocenters. The fourth-order valence-corrected chi connectivity index (χ4v) is 4.41. The third-order valence-electron chi connectivity index (χ3n) is 5.22. The van der Waals surface area contributed by atoms with Crippen molar-refractivity contribution in [1.29, 1.82) is 0 Å². The van der Waals surface area contributed by atoms with Crippen LogP contribution in [0.3, 0.4) is 0 Å². The molecule has 0 radical (unpaired) electrons. The third kappa shape index (κ3) is 6.60. The van der Waals surface area contributed by atoms with E-state index in [4.69, 9.17) is 9.47 Å². The summed E-state index contributed by atoms with van der Waals surface area (Å²) in [5.41, 5.74) is 1.62. The molecule has 3 aromatic carbocycles. The molecule has 3 aromatic rings. The average molecular weight is 495 g/mol. The van der Waals surface area contributed by atoms with E-state index in [0.29, 0.717) is 23.6 Å². The first-order valence-electron chi connectivity index (χ1n) is 10.9. The van der Waals surface area contributed by atoms with Crippen LogP contribution < -0.4 is 15.4 Å². The number of esters is 1. The van der Waals surface area contributed by atoms with Crippen LogP contribution in [0, 0.1) is 5.82 Å². The molecule has 7 nitrogen and oxygen atoms in total. The standard InChI is InChI=1S/C26H23FN2O5S/c27-17-9-11-18(12-10-17)28-25(31)16-35-23-8-4-2-6-20(23)26(32)34-15-24(30)29-21-13-14-33-22-7-3-1-5-19(21)22/h1-12,21H,13-16H2,(H,28,31)(H,29,30). The number of halogens is 1. The van der Waals surface area contributed by atoms with Gasteiger partial charge in [0, 0.05) is 22.6 Å². The predicted molar refractivity (Wildman–Crippen MR) is 130 cm³/mol. The minimum absolute atomic E-state index is 0.0331. The maximum atomic E-state index is 13.0. The Kier molecular flexibility index (Phi) is 7.99. The van der Waals surface area contributed by atoms with Gasteiger partial charge in [-0.15, -0.1) is 11.8 Å². The van der Waals surface area contributed by atoms with E-state index < -0.39 is 24.3 Å². The second kappa shape index (κ2) is 11.5. The van der Waals surface area contributed by atoms with Crippen LogP contribution in [-0.2, 0) is 14.3 Å². The lowest BCUT2D eigenvalue weighted by Gasteiger charge is -2.26. The Morgan fingerprint density at radius 1 is 0.971 bits per heavy atom. The van der Waals surface area contributed by atoms with Crippen molar-refractivity contribution in [2.24, 2.45) is 0 Å². The zero-order valence-electron chi connectivity index (χ0n) is 18.7. The molecule has 1 atom stereocenters. The van der Waals surface area contributed by atoms with Crippen LogP contribution in [0.5, 0.6) is 5.75 Å². The topological polar surface area (TPSA) is 93.7 Å². The van der Waals surface area contributed by atoms with Crippen LogP contribution >= 0.6 is 11.8 Å². The van der Waals surface area contributed by atoms with Gasteiger partial charge in [-0.05, 0) is 42.5 Å². The molecular formula is C26H23FN2O5S. The number of thioether (sulfide) groups is 1. The van der Waals surface area contributed by atoms with Gasteiger partial charge in [-0.2, -0.15) is 0 Å². The number of carbonyl (C=O) groups excluding carboxylic acids is 3. The maximum Gasteiger partial charge on any atom is 0.339 e. The quantitative estimate of drug-likeness (QED) is 0.357. The molecule has 2 N–H and O–H groups in total. The Labute approximate surface area is 206 Å². The van der Waals surface area contributed by atoms with Crippen LogP contribution in [-0.4, -0.2) is 36.8 Å². The molecule has 0 bridgehead atoms. The van der Waals surface area contributed by atoms with Gasteiger partial charge in [0.2, 0.25) is 5.91 Å². The Hall–Kier alpha value is -3.85. The number of fused-ring (bicyclic) bond motifs is 1. The Balaban J connectivity index is 1.29. The number of benzene rings is 3. The molecule has 4 rings (SSSR count). The SMILES string of the molecule is O=C(CSc1ccccc1C(=O)OCC(=O)NC1CCOc2ccccc21)Nc1ccc(F)cc1. The van der Waals surface area contributed by atoms with Crippen molar-refractivity contribution in [3.8, 4) is 5.75 Å². The highest BCUT2D eigenvalue weighted by molar-refractivity contribution is 8.00. The molecule has 0 aromatic heterocycles. The number of rotatable bonds is 8. The number of ether oxygens (including phenoxy) is 2. The highest BCUT2D eigenvalue weighted by Gasteiger charge is 2.23. The maximum absolute atomic E-state index is 13.0. The molecule has 0 fully saturated rings. The molecule has 0 spiro atoms. The van der Waals surface area contributed by atoms with Crippen molar-refractivity contribution in [2.45, 2.75) is 17.4 Å². The third-order valence-corrected chi connectivity index (χ3v) is 6.30. The van der Waals surface area contributed by atoms with Crippen LogP contribution in [0.1, 0.15) is 28.4 Å². The van der Waals surface area contributed by atoms with E-state index in [2.05, 4.69) is 10.6 Å². The van der Waals surface area contributed by atoms with E-state index in [-0.39, 0.29) is 23.3 Å². The number of para-hydroxylation sites is 1. The second-order valence-corrected chi connectivity index (χ2v) is 8.73. The number of anilines is 1. The molecule has 35 heavy (non-hydrogen) atoms. The van der Waals surface area contributed by atoms with Gasteiger partial charge in [-0.1, -0.05) is 30.3 Å². The average Bonchev–Trinajstić information content (AvgIpc) is 2.88. The summed E-state index contributed by atoms with van der Waals surface area (Å²) in [6.07, 6.45) is 0.621. The lowest BCUT2D eigenvalue weighted by atomic mass is 10.0. The molecule has 1 heterocycles. The number of nitrogens with one attached hydrogen (secondary N) is 2. The molecule has 2 amide bonds. The van der Waals surface area contributed by atoms with Crippen molar-refractivity contribution in [3.05, 3.63) is 89.7 Å². The van der Waals surface area contributed by atoms with Gasteiger partial charge in [0.1, 0.15) is 11.6 Å². The molecule has 180 valence electrons. The normalized spacial score (nSPS) is 14.3. The summed E-state index contributed by atoms with van der Waals surface area (Å²) in [4.78, 5) is 37.9. The molecule has 0 saturated heterocycles. The largest absolute Gasteiger partial charge is 0.493 e. The fourth-order valence-electron chi connectivity index (χ4n) is 3.57. The summed E-state index contributed by atoms with van der Waals surface area (Å²) < 4.78 is 23.9. The number of carbonyl (C=O) groups is 3. The predicted octanol–water partition coefficient (Wildman–Crippen LogP) is 4.35. The van der Waals surface area contributed by atoms with Crippen molar-refractivity contribution < 1.29 is 28.2 Å². The van der Waals surface area contributed by atoms with Gasteiger partial charge in [0.25, 0.3) is 5.91 Å². The highest BCUT2D eigenvalue weighted by Crippen LogP contribution is 2.31. The lowest BCUT2D eigenvalue weighted by Crippen LogP contribution is -2.35. The summed E-state index contributed by atoms with van der Waals surface area (Å²) in [7, 11) is 0. The van der Waals surface area contributed by atoms with Crippen molar-refractivity contribution in [1.82, 2.24) is 5.32 Å². The van der Waals surface area contributed by atoms with Crippen LogP contribution in [0.15, 0.2) is 77.7 Å². The van der Waals surface area contributed by atoms with E-state index in [0.717, 1.165) is 23.1 Å². The highest BCUT2D eigenvalue weighted by atomic mass is 32.2. The van der Waals surface area contributed by atoms with E-state index in [1.807, 2.05) is 24.3 Å². The van der Waals surface area contributed by atoms with E-state index in [1.54, 1.807) is 24.3 Å². The fraction of sp³-hybridized carbons (Fsp3) is 0.192. The molecule has 0 saturated carbocycles. The lowest BCUT2D eigenvalue weighted by molar-refractivity contribution is -0.125. The summed E-state index contributed by atoms with van der Waals surface area (Å²) in [5, 5.41) is 5.56. The molecule has 9 heteroatoms. The van der Waals surface area contributed by atoms with E-state index in [1.165, 1.54) is 24.3 Å². The number of amides is 2. The summed E-state index contributed by atoms with van der Waals surface area (Å²) in [5.74, 6) is -1.00. The molecule has 1 aliphatic heterocycles. The first kappa shape index (κ1) is 24.3. The molecule has 1 aliphatic rings. The van der Waals surface area contributed by atoms with Gasteiger partial charge < -0.3 is 20.1 Å². The van der Waals surface area contributed by atoms with Gasteiger partial charge in [0.05, 0.1) is 24.0 Å².